The summed E-state index contributed by atoms with van der Waals surface area (Å²) in [7, 11) is 0. The molecule has 2 spiro atoms. The average Bonchev–Trinajstić information content (AvgIpc) is 3.56. The van der Waals surface area contributed by atoms with Crippen molar-refractivity contribution in [2.45, 2.75) is 127 Å². The average molecular weight is 801 g/mol. The zero-order valence-electron chi connectivity index (χ0n) is 32.0. The van der Waals surface area contributed by atoms with Crippen LogP contribution in [-0.2, 0) is 28.7 Å². The lowest BCUT2D eigenvalue weighted by Gasteiger charge is -2.43. The number of nitrogens with zero attached hydrogens (tertiary/aromatic N) is 4. The summed E-state index contributed by atoms with van der Waals surface area (Å²) in [4.78, 5) is 79.3. The second-order valence-corrected chi connectivity index (χ2v) is 16.1. The Bertz CT molecular complexity index is 1370. The van der Waals surface area contributed by atoms with Gasteiger partial charge in [0.1, 0.15) is 24.4 Å². The monoisotopic (exact) mass is 800 g/mol. The number of aliphatic hydroxyl groups excluding tert-OH is 8. The number of carbonyl (C=O) groups is 6. The van der Waals surface area contributed by atoms with E-state index in [-0.39, 0.29) is 62.6 Å². The largest absolute Gasteiger partial charge is 0.440 e. The Morgan fingerprint density at radius 2 is 0.804 bits per heavy atom. The molecule has 6 fully saturated rings. The molecule has 6 aliphatic rings. The van der Waals surface area contributed by atoms with Crippen LogP contribution in [0.25, 0.3) is 0 Å². The third-order valence-electron chi connectivity index (χ3n) is 12.9. The van der Waals surface area contributed by atoms with Crippen molar-refractivity contribution in [2.24, 2.45) is 22.7 Å². The molecule has 6 amide bonds. The molecule has 10 unspecified atom stereocenters. The van der Waals surface area contributed by atoms with Crippen LogP contribution >= 0.6 is 0 Å². The highest BCUT2D eigenvalue weighted by Crippen LogP contribution is 2.44. The van der Waals surface area contributed by atoms with Crippen LogP contribution in [0.1, 0.15) is 66.2 Å². The molecule has 12 atom stereocenters. The first-order valence-corrected chi connectivity index (χ1v) is 19.3. The van der Waals surface area contributed by atoms with Crippen molar-refractivity contribution >= 4 is 35.8 Å². The molecule has 0 aromatic rings. The van der Waals surface area contributed by atoms with E-state index in [0.717, 1.165) is 0 Å². The Balaban J connectivity index is 0.000000214. The summed E-state index contributed by atoms with van der Waals surface area (Å²) in [6, 6.07) is 0. The van der Waals surface area contributed by atoms with E-state index < -0.39 is 95.9 Å². The Hall–Kier alpha value is -3.50. The van der Waals surface area contributed by atoms with Crippen molar-refractivity contribution in [3.63, 3.8) is 0 Å². The van der Waals surface area contributed by atoms with Crippen molar-refractivity contribution in [1.29, 1.82) is 0 Å². The van der Waals surface area contributed by atoms with Gasteiger partial charge in [-0.3, -0.25) is 29.0 Å². The molecule has 0 aromatic carbocycles. The maximum absolute atomic E-state index is 12.6. The molecule has 316 valence electrons. The summed E-state index contributed by atoms with van der Waals surface area (Å²) in [6.45, 7) is 7.85. The van der Waals surface area contributed by atoms with E-state index in [0.29, 0.717) is 38.8 Å². The lowest BCUT2D eigenvalue weighted by atomic mass is 9.77. The number of imide groups is 2. The molecule has 0 aromatic heterocycles. The van der Waals surface area contributed by atoms with Crippen molar-refractivity contribution < 1.29 is 79.1 Å². The molecular formula is C36H56N4O16. The Morgan fingerprint density at radius 3 is 1.04 bits per heavy atom. The molecule has 56 heavy (non-hydrogen) atoms. The van der Waals surface area contributed by atoms with Gasteiger partial charge in [0.05, 0.1) is 35.2 Å². The molecule has 4 aliphatic heterocycles. The SMILES string of the molecule is CCN1C(=O)CC2(CCN(C(=O)OC3C(O)C(O)C(C)C(O)[C@H]3O)CC2)C1=O.CCN1C(=O)CC2(CCN(C(=O)OC3C(O)C(O)C(C)C(O)[C@H]3O)CC2)C1=O. The lowest BCUT2D eigenvalue weighted by Crippen LogP contribution is -2.62. The number of hydrogen-bond acceptors (Lipinski definition) is 16. The normalized spacial score (nSPS) is 38.2. The van der Waals surface area contributed by atoms with Crippen LogP contribution in [0.4, 0.5) is 9.59 Å². The summed E-state index contributed by atoms with van der Waals surface area (Å²) in [6.07, 6.45) is -14.5. The fourth-order valence-corrected chi connectivity index (χ4v) is 8.87. The molecule has 0 radical (unpaired) electrons. The highest BCUT2D eigenvalue weighted by Gasteiger charge is 2.55. The minimum absolute atomic E-state index is 0.138. The van der Waals surface area contributed by atoms with Crippen LogP contribution in [0, 0.1) is 22.7 Å². The van der Waals surface area contributed by atoms with Crippen molar-refractivity contribution in [1.82, 2.24) is 19.6 Å². The molecule has 4 heterocycles. The molecule has 2 saturated carbocycles. The smallest absolute Gasteiger partial charge is 0.410 e. The molecule has 4 saturated heterocycles. The standard InChI is InChI=1S/2C18H28N2O8/c2*1-3-20-10(21)8-18(16(20)26)4-6-19(7-5-18)17(27)28-15-13(24)11(22)9(2)12(23)14(15)25/h2*9,11-15,22-25H,3-8H2,1-2H3/t2*9?,11?,12?,13-,14?,15?/m11/s1. The van der Waals surface area contributed by atoms with E-state index in [4.69, 9.17) is 9.47 Å². The van der Waals surface area contributed by atoms with E-state index in [1.807, 2.05) is 0 Å². The molecule has 20 heteroatoms. The fourth-order valence-electron chi connectivity index (χ4n) is 8.87. The van der Waals surface area contributed by atoms with Gasteiger partial charge in [-0.1, -0.05) is 13.8 Å². The molecule has 6 rings (SSSR count). The van der Waals surface area contributed by atoms with Crippen LogP contribution in [-0.4, -0.2) is 197 Å². The van der Waals surface area contributed by atoms with Crippen LogP contribution in [0.3, 0.4) is 0 Å². The Labute approximate surface area is 323 Å². The van der Waals surface area contributed by atoms with Gasteiger partial charge in [-0.2, -0.15) is 0 Å². The predicted molar refractivity (Wildman–Crippen MR) is 187 cm³/mol. The van der Waals surface area contributed by atoms with Crippen LogP contribution in [0.15, 0.2) is 0 Å². The number of likely N-dealkylation sites (tertiary alicyclic amines) is 4. The van der Waals surface area contributed by atoms with Gasteiger partial charge in [0.25, 0.3) is 0 Å². The van der Waals surface area contributed by atoms with E-state index in [9.17, 15) is 69.6 Å². The topological polar surface area (TPSA) is 296 Å². The maximum atomic E-state index is 12.6. The zero-order valence-corrected chi connectivity index (χ0v) is 32.0. The summed E-state index contributed by atoms with van der Waals surface area (Å²) in [5, 5.41) is 80.4. The molecule has 20 nitrogen and oxygen atoms in total. The van der Waals surface area contributed by atoms with Gasteiger partial charge in [-0.05, 0) is 39.5 Å². The maximum Gasteiger partial charge on any atom is 0.410 e. The number of amides is 6. The number of ether oxygens (including phenoxy) is 2. The van der Waals surface area contributed by atoms with Gasteiger partial charge in [-0.15, -0.1) is 0 Å². The van der Waals surface area contributed by atoms with Crippen LogP contribution in [0.5, 0.6) is 0 Å². The zero-order chi connectivity index (χ0) is 41.6. The first kappa shape index (κ1) is 43.6. The lowest BCUT2D eigenvalue weighted by molar-refractivity contribution is -0.202. The minimum atomic E-state index is -1.53. The van der Waals surface area contributed by atoms with Gasteiger partial charge < -0.3 is 60.1 Å². The molecule has 8 N–H and O–H groups in total. The number of hydrogen-bond donors (Lipinski definition) is 8. The minimum Gasteiger partial charge on any atom is -0.440 e. The number of aliphatic hydroxyl groups is 8. The molecule has 0 bridgehead atoms. The highest BCUT2D eigenvalue weighted by molar-refractivity contribution is 6.06. The number of rotatable bonds is 4. The van der Waals surface area contributed by atoms with E-state index in [2.05, 4.69) is 0 Å². The number of carbonyl (C=O) groups excluding carboxylic acids is 6. The quantitative estimate of drug-likeness (QED) is 0.131. The third-order valence-corrected chi connectivity index (χ3v) is 12.9. The Kier molecular flexibility index (Phi) is 13.1. The van der Waals surface area contributed by atoms with E-state index >= 15 is 0 Å². The van der Waals surface area contributed by atoms with E-state index in [1.54, 1.807) is 13.8 Å². The van der Waals surface area contributed by atoms with Gasteiger partial charge in [-0.25, -0.2) is 9.59 Å². The van der Waals surface area contributed by atoms with Crippen LogP contribution in [0.2, 0.25) is 0 Å². The van der Waals surface area contributed by atoms with Crippen molar-refractivity contribution in [3.05, 3.63) is 0 Å². The third kappa shape index (κ3) is 7.73. The summed E-state index contributed by atoms with van der Waals surface area (Å²) in [5.41, 5.74) is -1.56. The Morgan fingerprint density at radius 1 is 0.536 bits per heavy atom. The predicted octanol–water partition coefficient (Wildman–Crippen LogP) is -3.11. The van der Waals surface area contributed by atoms with Crippen molar-refractivity contribution in [2.75, 3.05) is 39.3 Å². The fraction of sp³-hybridized carbons (Fsp3) is 0.833. The van der Waals surface area contributed by atoms with Crippen LogP contribution < -0.4 is 0 Å². The summed E-state index contributed by atoms with van der Waals surface area (Å²) in [5.74, 6) is -2.36. The second kappa shape index (κ2) is 16.8. The molecule has 2 aliphatic carbocycles. The molecular weight excluding hydrogens is 744 g/mol. The van der Waals surface area contributed by atoms with Gasteiger partial charge in [0.2, 0.25) is 23.6 Å². The second-order valence-electron chi connectivity index (χ2n) is 16.1. The summed E-state index contributed by atoms with van der Waals surface area (Å²) < 4.78 is 10.4. The van der Waals surface area contributed by atoms with Gasteiger partial charge in [0.15, 0.2) is 12.2 Å². The van der Waals surface area contributed by atoms with Crippen molar-refractivity contribution in [3.8, 4) is 0 Å². The first-order chi connectivity index (χ1) is 26.2. The summed E-state index contributed by atoms with van der Waals surface area (Å²) >= 11 is 0. The van der Waals surface area contributed by atoms with Gasteiger partial charge >= 0.3 is 12.2 Å². The van der Waals surface area contributed by atoms with Gasteiger partial charge in [0, 0.05) is 63.9 Å². The first-order valence-electron chi connectivity index (χ1n) is 19.3. The number of piperidine rings is 2. The highest BCUT2D eigenvalue weighted by atomic mass is 16.6. The van der Waals surface area contributed by atoms with E-state index in [1.165, 1.54) is 33.4 Å².